The first-order valence-corrected chi connectivity index (χ1v) is 5.45. The number of anilines is 2. The number of nitrogens with zero attached hydrogens (tertiary/aromatic N) is 2. The molecule has 1 heterocycles. The molecule has 0 N–H and O–H groups in total. The predicted molar refractivity (Wildman–Crippen MR) is 68.1 cm³/mol. The molecule has 0 unspecified atom stereocenters. The molecule has 17 heavy (non-hydrogen) atoms. The summed E-state index contributed by atoms with van der Waals surface area (Å²) in [6, 6.07) is 5.21. The molecule has 0 aromatic heterocycles. The number of ether oxygens (including phenoxy) is 1. The minimum absolute atomic E-state index is 0.0458. The third kappa shape index (κ3) is 2.08. The Morgan fingerprint density at radius 2 is 2.24 bits per heavy atom. The summed E-state index contributed by atoms with van der Waals surface area (Å²) in [4.78, 5) is 25.5. The second kappa shape index (κ2) is 4.29. The lowest BCUT2D eigenvalue weighted by Crippen LogP contribution is -2.35. The van der Waals surface area contributed by atoms with Crippen LogP contribution in [0.1, 0.15) is 0 Å². The molecule has 0 atom stereocenters. The number of hydrogen-bond donors (Lipinski definition) is 1. The third-order valence-corrected chi connectivity index (χ3v) is 3.00. The molecule has 0 spiro atoms. The van der Waals surface area contributed by atoms with Gasteiger partial charge in [0.15, 0.2) is 6.61 Å². The fourth-order valence-electron chi connectivity index (χ4n) is 1.58. The van der Waals surface area contributed by atoms with Gasteiger partial charge >= 0.3 is 0 Å². The topological polar surface area (TPSA) is 49.9 Å². The van der Waals surface area contributed by atoms with Crippen LogP contribution in [0, 0.1) is 0 Å². The number of rotatable bonds is 1. The molecule has 0 bridgehead atoms. The standard InChI is InChI=1S/C11H12N2O3S/c1-12(11(15)17)7-3-4-9-8(5-7)13(2)10(14)6-16-9/h3-5H,6H2,1-2H3,(H,15,17). The van der Waals surface area contributed by atoms with Crippen LogP contribution in [0.15, 0.2) is 18.2 Å². The molecular weight excluding hydrogens is 240 g/mol. The Morgan fingerprint density at radius 3 is 2.88 bits per heavy atom. The average Bonchev–Trinajstić information content (AvgIpc) is 2.32. The van der Waals surface area contributed by atoms with E-state index in [1.165, 1.54) is 9.80 Å². The highest BCUT2D eigenvalue weighted by Crippen LogP contribution is 2.34. The lowest BCUT2D eigenvalue weighted by Gasteiger charge is -2.27. The van der Waals surface area contributed by atoms with E-state index in [0.717, 1.165) is 0 Å². The van der Waals surface area contributed by atoms with Gasteiger partial charge in [-0.05, 0) is 18.2 Å². The second-order valence-corrected chi connectivity index (χ2v) is 4.12. The first-order valence-electron chi connectivity index (χ1n) is 5.01. The van der Waals surface area contributed by atoms with E-state index in [1.54, 1.807) is 32.3 Å². The molecule has 5 nitrogen and oxygen atoms in total. The average molecular weight is 252 g/mol. The van der Waals surface area contributed by atoms with E-state index in [4.69, 9.17) is 4.74 Å². The smallest absolute Gasteiger partial charge is 0.282 e. The lowest BCUT2D eigenvalue weighted by molar-refractivity contribution is -0.120. The Labute approximate surface area is 104 Å². The van der Waals surface area contributed by atoms with Crippen LogP contribution in [0.5, 0.6) is 5.75 Å². The quantitative estimate of drug-likeness (QED) is 0.771. The van der Waals surface area contributed by atoms with Gasteiger partial charge in [0.25, 0.3) is 11.1 Å². The van der Waals surface area contributed by atoms with E-state index in [1.807, 2.05) is 0 Å². The summed E-state index contributed by atoms with van der Waals surface area (Å²) in [5.74, 6) is 0.519. The maximum Gasteiger partial charge on any atom is 0.282 e. The minimum Gasteiger partial charge on any atom is -0.482 e. The maximum atomic E-state index is 11.5. The molecule has 2 rings (SSSR count). The van der Waals surface area contributed by atoms with Gasteiger partial charge in [-0.1, -0.05) is 12.6 Å². The van der Waals surface area contributed by atoms with Gasteiger partial charge in [0.05, 0.1) is 5.69 Å². The molecule has 0 saturated heterocycles. The molecular formula is C11H12N2O3S. The van der Waals surface area contributed by atoms with Crippen molar-refractivity contribution in [1.29, 1.82) is 0 Å². The summed E-state index contributed by atoms with van der Waals surface area (Å²) in [5.41, 5.74) is 1.31. The van der Waals surface area contributed by atoms with E-state index in [0.29, 0.717) is 17.1 Å². The predicted octanol–water partition coefficient (Wildman–Crippen LogP) is 1.53. The van der Waals surface area contributed by atoms with E-state index >= 15 is 0 Å². The van der Waals surface area contributed by atoms with E-state index in [2.05, 4.69) is 12.6 Å². The highest BCUT2D eigenvalue weighted by atomic mass is 32.1. The van der Waals surface area contributed by atoms with Crippen LogP contribution < -0.4 is 14.5 Å². The van der Waals surface area contributed by atoms with Crippen LogP contribution in [0.2, 0.25) is 0 Å². The van der Waals surface area contributed by atoms with E-state index in [9.17, 15) is 9.59 Å². The van der Waals surface area contributed by atoms with Crippen molar-refractivity contribution in [1.82, 2.24) is 0 Å². The van der Waals surface area contributed by atoms with Crippen molar-refractivity contribution in [3.8, 4) is 5.75 Å². The SMILES string of the molecule is CN(C(=O)S)c1ccc2c(c1)N(C)C(=O)CO2. The molecule has 0 saturated carbocycles. The Kier molecular flexibility index (Phi) is 2.97. The van der Waals surface area contributed by atoms with Crippen molar-refractivity contribution in [2.45, 2.75) is 0 Å². The number of fused-ring (bicyclic) bond motifs is 1. The zero-order chi connectivity index (χ0) is 12.6. The van der Waals surface area contributed by atoms with Gasteiger partial charge in [-0.25, -0.2) is 0 Å². The number of carbonyl (C=O) groups excluding carboxylic acids is 2. The Balaban J connectivity index is 2.42. The number of carbonyl (C=O) groups is 2. The van der Waals surface area contributed by atoms with Crippen LogP contribution in [0.4, 0.5) is 16.2 Å². The summed E-state index contributed by atoms with van der Waals surface area (Å²) in [7, 11) is 3.29. The van der Waals surface area contributed by atoms with Crippen LogP contribution in [-0.2, 0) is 4.79 Å². The highest BCUT2D eigenvalue weighted by molar-refractivity contribution is 7.96. The zero-order valence-corrected chi connectivity index (χ0v) is 10.4. The molecule has 1 aromatic rings. The van der Waals surface area contributed by atoms with Crippen LogP contribution in [0.3, 0.4) is 0 Å². The van der Waals surface area contributed by atoms with Gasteiger partial charge < -0.3 is 14.5 Å². The first-order chi connectivity index (χ1) is 8.00. The van der Waals surface area contributed by atoms with Gasteiger partial charge in [0.2, 0.25) is 0 Å². The first kappa shape index (κ1) is 11.8. The van der Waals surface area contributed by atoms with Gasteiger partial charge in [-0.2, -0.15) is 0 Å². The van der Waals surface area contributed by atoms with Crippen molar-refractivity contribution in [2.24, 2.45) is 0 Å². The fraction of sp³-hybridized carbons (Fsp3) is 0.273. The maximum absolute atomic E-state index is 11.5. The summed E-state index contributed by atoms with van der Waals surface area (Å²) >= 11 is 3.75. The lowest BCUT2D eigenvalue weighted by atomic mass is 10.2. The molecule has 0 aliphatic carbocycles. The number of amides is 2. The molecule has 1 aliphatic heterocycles. The Bertz CT molecular complexity index is 490. The fourth-order valence-corrected chi connectivity index (χ4v) is 1.70. The van der Waals surface area contributed by atoms with Crippen molar-refractivity contribution in [3.05, 3.63) is 18.2 Å². The Morgan fingerprint density at radius 1 is 1.53 bits per heavy atom. The van der Waals surface area contributed by atoms with Gasteiger partial charge in [-0.3, -0.25) is 9.59 Å². The number of benzene rings is 1. The molecule has 90 valence electrons. The monoisotopic (exact) mass is 252 g/mol. The second-order valence-electron chi connectivity index (χ2n) is 3.74. The van der Waals surface area contributed by atoms with Crippen molar-refractivity contribution < 1.29 is 14.3 Å². The number of hydrogen-bond acceptors (Lipinski definition) is 3. The highest BCUT2D eigenvalue weighted by Gasteiger charge is 2.23. The third-order valence-electron chi connectivity index (χ3n) is 2.70. The number of likely N-dealkylation sites (N-methyl/N-ethyl adjacent to an activating group) is 1. The minimum atomic E-state index is -0.365. The zero-order valence-electron chi connectivity index (χ0n) is 9.51. The Hall–Kier alpha value is -1.69. The van der Waals surface area contributed by atoms with Gasteiger partial charge in [0, 0.05) is 19.8 Å². The van der Waals surface area contributed by atoms with Crippen LogP contribution in [-0.4, -0.2) is 31.8 Å². The molecule has 0 fully saturated rings. The summed E-state index contributed by atoms with van der Waals surface area (Å²) in [6.45, 7) is 0.0458. The molecule has 0 radical (unpaired) electrons. The van der Waals surface area contributed by atoms with Crippen molar-refractivity contribution in [3.63, 3.8) is 0 Å². The summed E-state index contributed by atoms with van der Waals surface area (Å²) in [6.07, 6.45) is 0. The van der Waals surface area contributed by atoms with Crippen molar-refractivity contribution >= 4 is 35.1 Å². The summed E-state index contributed by atoms with van der Waals surface area (Å²) in [5, 5.41) is -0.365. The van der Waals surface area contributed by atoms with Gasteiger partial charge in [-0.15, -0.1) is 0 Å². The molecule has 2 amide bonds. The number of thiol groups is 1. The normalized spacial score (nSPS) is 14.1. The molecule has 1 aliphatic rings. The van der Waals surface area contributed by atoms with Crippen LogP contribution >= 0.6 is 12.6 Å². The van der Waals surface area contributed by atoms with Gasteiger partial charge in [0.1, 0.15) is 5.75 Å². The molecule has 6 heteroatoms. The van der Waals surface area contributed by atoms with E-state index < -0.39 is 0 Å². The van der Waals surface area contributed by atoms with Crippen molar-refractivity contribution in [2.75, 3.05) is 30.5 Å². The van der Waals surface area contributed by atoms with Crippen LogP contribution in [0.25, 0.3) is 0 Å². The van der Waals surface area contributed by atoms with E-state index in [-0.39, 0.29) is 17.8 Å². The summed E-state index contributed by atoms with van der Waals surface area (Å²) < 4.78 is 5.29. The largest absolute Gasteiger partial charge is 0.482 e. The molecule has 1 aromatic carbocycles.